The van der Waals surface area contributed by atoms with Gasteiger partial charge >= 0.3 is 0 Å². The maximum Gasteiger partial charge on any atom is 0.176 e. The molecule has 2 aromatic rings. The highest BCUT2D eigenvalue weighted by Crippen LogP contribution is 2.35. The van der Waals surface area contributed by atoms with Gasteiger partial charge in [0, 0.05) is 24.3 Å². The van der Waals surface area contributed by atoms with Crippen LogP contribution < -0.4 is 5.32 Å². The molecule has 1 aliphatic carbocycles. The molecule has 6 nitrogen and oxygen atoms in total. The normalized spacial score (nSPS) is 27.0. The zero-order valence-electron chi connectivity index (χ0n) is 13.7. The zero-order chi connectivity index (χ0) is 15.8. The number of nitrogens with one attached hydrogen (secondary N) is 1. The Hall–Kier alpha value is -1.95. The van der Waals surface area contributed by atoms with E-state index in [9.17, 15) is 0 Å². The summed E-state index contributed by atoms with van der Waals surface area (Å²) in [5, 5.41) is 16.7. The minimum Gasteiger partial charge on any atom is -0.378 e. The summed E-state index contributed by atoms with van der Waals surface area (Å²) in [6.07, 6.45) is 5.19. The van der Waals surface area contributed by atoms with Gasteiger partial charge < -0.3 is 10.1 Å². The van der Waals surface area contributed by atoms with Gasteiger partial charge in [0.15, 0.2) is 5.82 Å². The maximum absolute atomic E-state index is 5.83. The summed E-state index contributed by atoms with van der Waals surface area (Å²) in [6, 6.07) is 6.46. The van der Waals surface area contributed by atoms with Crippen LogP contribution in [-0.4, -0.2) is 38.7 Å². The third kappa shape index (κ3) is 2.83. The van der Waals surface area contributed by atoms with Crippen molar-refractivity contribution in [2.75, 3.05) is 11.9 Å². The Morgan fingerprint density at radius 3 is 2.83 bits per heavy atom. The molecule has 0 aromatic carbocycles. The minimum absolute atomic E-state index is 0.434. The van der Waals surface area contributed by atoms with Crippen LogP contribution in [0.1, 0.15) is 37.1 Å². The second-order valence-electron chi connectivity index (χ2n) is 6.66. The average molecular weight is 313 g/mol. The van der Waals surface area contributed by atoms with Crippen molar-refractivity contribution in [2.24, 2.45) is 5.92 Å². The van der Waals surface area contributed by atoms with E-state index in [-0.39, 0.29) is 0 Å². The molecule has 122 valence electrons. The number of rotatable bonds is 3. The molecule has 2 aliphatic rings. The van der Waals surface area contributed by atoms with Crippen LogP contribution in [0.2, 0.25) is 0 Å². The number of hydrogen-bond acceptors (Lipinski definition) is 5. The minimum atomic E-state index is 0.434. The van der Waals surface area contributed by atoms with Crippen molar-refractivity contribution in [1.82, 2.24) is 20.0 Å². The number of hydrogen-bond donors (Lipinski definition) is 1. The van der Waals surface area contributed by atoms with Crippen molar-refractivity contribution in [3.63, 3.8) is 0 Å². The Bertz CT molecular complexity index is 681. The van der Waals surface area contributed by atoms with E-state index in [0.29, 0.717) is 18.1 Å². The highest BCUT2D eigenvalue weighted by molar-refractivity contribution is 5.38. The number of anilines is 1. The highest BCUT2D eigenvalue weighted by atomic mass is 16.5. The number of ether oxygens (including phenoxy) is 1. The van der Waals surface area contributed by atoms with E-state index in [1.54, 1.807) is 0 Å². The van der Waals surface area contributed by atoms with Crippen LogP contribution in [0.3, 0.4) is 0 Å². The fourth-order valence-corrected chi connectivity index (χ4v) is 3.92. The van der Waals surface area contributed by atoms with Crippen LogP contribution in [0.5, 0.6) is 0 Å². The molecule has 4 rings (SSSR count). The van der Waals surface area contributed by atoms with E-state index in [4.69, 9.17) is 4.74 Å². The lowest BCUT2D eigenvalue weighted by Gasteiger charge is -2.33. The first kappa shape index (κ1) is 14.6. The Balaban J connectivity index is 1.49. The molecular weight excluding hydrogens is 290 g/mol. The Labute approximate surface area is 136 Å². The van der Waals surface area contributed by atoms with Crippen molar-refractivity contribution in [2.45, 2.75) is 51.7 Å². The summed E-state index contributed by atoms with van der Waals surface area (Å²) < 4.78 is 7.66. The Kier molecular flexibility index (Phi) is 3.77. The van der Waals surface area contributed by atoms with Gasteiger partial charge in [-0.05, 0) is 57.7 Å². The van der Waals surface area contributed by atoms with Crippen LogP contribution in [0.4, 0.5) is 5.82 Å². The number of nitrogens with zero attached hydrogens (tertiary/aromatic N) is 4. The Morgan fingerprint density at radius 2 is 2.09 bits per heavy atom. The van der Waals surface area contributed by atoms with Gasteiger partial charge in [-0.25, -0.2) is 4.68 Å². The predicted molar refractivity (Wildman–Crippen MR) is 87.7 cm³/mol. The summed E-state index contributed by atoms with van der Waals surface area (Å²) in [5.74, 6) is 2.21. The molecule has 1 aliphatic heterocycles. The molecule has 6 heteroatoms. The van der Waals surface area contributed by atoms with Crippen molar-refractivity contribution in [3.8, 4) is 5.82 Å². The average Bonchev–Trinajstić information content (AvgIpc) is 3.15. The molecule has 1 saturated heterocycles. The van der Waals surface area contributed by atoms with Crippen LogP contribution in [0.15, 0.2) is 18.2 Å². The molecule has 23 heavy (non-hydrogen) atoms. The van der Waals surface area contributed by atoms with Crippen molar-refractivity contribution in [1.29, 1.82) is 0 Å². The lowest BCUT2D eigenvalue weighted by Crippen LogP contribution is -2.38. The largest absolute Gasteiger partial charge is 0.378 e. The van der Waals surface area contributed by atoms with Gasteiger partial charge in [0.25, 0.3) is 0 Å². The molecule has 2 aromatic heterocycles. The number of aromatic nitrogens is 4. The molecule has 1 saturated carbocycles. The summed E-state index contributed by atoms with van der Waals surface area (Å²) in [4.78, 5) is 0. The van der Waals surface area contributed by atoms with E-state index in [1.807, 2.05) is 36.7 Å². The molecule has 2 fully saturated rings. The lowest BCUT2D eigenvalue weighted by molar-refractivity contribution is 0.0619. The maximum atomic E-state index is 5.83. The third-order valence-corrected chi connectivity index (χ3v) is 4.99. The standard InChI is InChI=1S/C17H23N5O/c1-11-10-12(2)22(21-11)17-7-6-16(19-20-17)18-14-4-3-5-15-13(14)8-9-23-15/h6-7,10,13-15H,3-5,8-9H2,1-2H3,(H,18,19). The third-order valence-electron chi connectivity index (χ3n) is 4.99. The van der Waals surface area contributed by atoms with Gasteiger partial charge in [0.05, 0.1) is 11.8 Å². The monoisotopic (exact) mass is 313 g/mol. The fraction of sp³-hybridized carbons (Fsp3) is 0.588. The Morgan fingerprint density at radius 1 is 1.17 bits per heavy atom. The van der Waals surface area contributed by atoms with Crippen LogP contribution in [0, 0.1) is 19.8 Å². The first-order valence-electron chi connectivity index (χ1n) is 8.46. The SMILES string of the molecule is Cc1cc(C)n(-c2ccc(NC3CCCC4OCCC34)nn2)n1. The van der Waals surface area contributed by atoms with Gasteiger partial charge in [-0.15, -0.1) is 10.2 Å². The molecule has 0 amide bonds. The van der Waals surface area contributed by atoms with E-state index in [0.717, 1.165) is 36.1 Å². The van der Waals surface area contributed by atoms with Crippen LogP contribution in [0.25, 0.3) is 5.82 Å². The molecule has 0 radical (unpaired) electrons. The van der Waals surface area contributed by atoms with Gasteiger partial charge in [0.2, 0.25) is 0 Å². The predicted octanol–water partition coefficient (Wildman–Crippen LogP) is 2.65. The highest BCUT2D eigenvalue weighted by Gasteiger charge is 2.37. The summed E-state index contributed by atoms with van der Waals surface area (Å²) >= 11 is 0. The van der Waals surface area contributed by atoms with Crippen LogP contribution in [-0.2, 0) is 4.74 Å². The van der Waals surface area contributed by atoms with Crippen molar-refractivity contribution >= 4 is 5.82 Å². The van der Waals surface area contributed by atoms with E-state index in [1.165, 1.54) is 19.3 Å². The first-order valence-corrected chi connectivity index (χ1v) is 8.46. The summed E-state index contributed by atoms with van der Waals surface area (Å²) in [6.45, 7) is 4.90. The summed E-state index contributed by atoms with van der Waals surface area (Å²) in [5.41, 5.74) is 2.05. The van der Waals surface area contributed by atoms with E-state index >= 15 is 0 Å². The van der Waals surface area contributed by atoms with Gasteiger partial charge in [0.1, 0.15) is 5.82 Å². The topological polar surface area (TPSA) is 64.9 Å². The number of fused-ring (bicyclic) bond motifs is 1. The second-order valence-corrected chi connectivity index (χ2v) is 6.66. The number of aryl methyl sites for hydroxylation is 2. The van der Waals surface area contributed by atoms with Crippen LogP contribution >= 0.6 is 0 Å². The molecule has 0 bridgehead atoms. The quantitative estimate of drug-likeness (QED) is 0.943. The van der Waals surface area contributed by atoms with Gasteiger partial charge in [-0.2, -0.15) is 5.10 Å². The fourth-order valence-electron chi connectivity index (χ4n) is 3.92. The van der Waals surface area contributed by atoms with Crippen molar-refractivity contribution in [3.05, 3.63) is 29.6 Å². The molecule has 1 N–H and O–H groups in total. The first-order chi connectivity index (χ1) is 11.2. The molecule has 3 unspecified atom stereocenters. The zero-order valence-corrected chi connectivity index (χ0v) is 13.7. The van der Waals surface area contributed by atoms with E-state index < -0.39 is 0 Å². The van der Waals surface area contributed by atoms with E-state index in [2.05, 4.69) is 20.6 Å². The summed E-state index contributed by atoms with van der Waals surface area (Å²) in [7, 11) is 0. The smallest absolute Gasteiger partial charge is 0.176 e. The molecule has 3 heterocycles. The lowest BCUT2D eigenvalue weighted by atomic mass is 9.82. The molecule has 3 atom stereocenters. The molecular formula is C17H23N5O. The van der Waals surface area contributed by atoms with Gasteiger partial charge in [-0.3, -0.25) is 0 Å². The second kappa shape index (κ2) is 5.92. The molecule has 0 spiro atoms. The van der Waals surface area contributed by atoms with Crippen molar-refractivity contribution < 1.29 is 4.74 Å². The van der Waals surface area contributed by atoms with Gasteiger partial charge in [-0.1, -0.05) is 0 Å².